The van der Waals surface area contributed by atoms with Gasteiger partial charge in [0.15, 0.2) is 0 Å². The Balaban J connectivity index is 3.16. The summed E-state index contributed by atoms with van der Waals surface area (Å²) in [6.45, 7) is 5.98. The lowest BCUT2D eigenvalue weighted by Gasteiger charge is -2.30. The minimum Gasteiger partial charge on any atom is -0.389 e. The van der Waals surface area contributed by atoms with Gasteiger partial charge in [-0.15, -0.1) is 0 Å². The van der Waals surface area contributed by atoms with Crippen LogP contribution in [0.4, 0.5) is 5.69 Å². The average Bonchev–Trinajstić information content (AvgIpc) is 2.13. The highest BCUT2D eigenvalue weighted by Crippen LogP contribution is 2.25. The van der Waals surface area contributed by atoms with Crippen molar-refractivity contribution in [2.24, 2.45) is 5.73 Å². The Bertz CT molecular complexity index is 421. The second kappa shape index (κ2) is 4.75. The summed E-state index contributed by atoms with van der Waals surface area (Å²) in [5, 5.41) is 17.4. The van der Waals surface area contributed by atoms with Crippen molar-refractivity contribution < 1.29 is 5.11 Å². The van der Waals surface area contributed by atoms with E-state index in [1.807, 2.05) is 37.1 Å². The van der Waals surface area contributed by atoms with Crippen molar-refractivity contribution in [2.45, 2.75) is 26.4 Å². The average molecular weight is 235 g/mol. The maximum absolute atomic E-state index is 9.84. The first-order valence-corrected chi connectivity index (χ1v) is 5.60. The summed E-state index contributed by atoms with van der Waals surface area (Å²) < 4.78 is 0. The van der Waals surface area contributed by atoms with Crippen LogP contribution in [0.5, 0.6) is 0 Å². The van der Waals surface area contributed by atoms with Crippen molar-refractivity contribution in [2.75, 3.05) is 18.5 Å². The van der Waals surface area contributed by atoms with Crippen LogP contribution in [0.1, 0.15) is 25.0 Å². The maximum atomic E-state index is 9.84. The number of hydrogen-bond donors (Lipinski definition) is 3. The normalized spacial score (nSPS) is 11.4. The van der Waals surface area contributed by atoms with Gasteiger partial charge in [-0.3, -0.25) is 5.41 Å². The molecule has 0 heterocycles. The molecule has 0 saturated heterocycles. The third kappa shape index (κ3) is 3.46. The van der Waals surface area contributed by atoms with Crippen LogP contribution < -0.4 is 10.6 Å². The Morgan fingerprint density at radius 3 is 2.53 bits per heavy atom. The van der Waals surface area contributed by atoms with Crippen molar-refractivity contribution in [1.82, 2.24) is 0 Å². The number of amidine groups is 1. The molecule has 0 aliphatic carbocycles. The first-order chi connectivity index (χ1) is 7.72. The van der Waals surface area contributed by atoms with Gasteiger partial charge >= 0.3 is 0 Å². The molecule has 4 heteroatoms. The molecule has 4 N–H and O–H groups in total. The first-order valence-electron chi connectivity index (χ1n) is 5.60. The van der Waals surface area contributed by atoms with Crippen LogP contribution in [0, 0.1) is 12.3 Å². The molecule has 1 aromatic carbocycles. The largest absolute Gasteiger partial charge is 0.389 e. The van der Waals surface area contributed by atoms with Gasteiger partial charge in [0.1, 0.15) is 5.84 Å². The molecular weight excluding hydrogens is 214 g/mol. The number of nitrogens with zero attached hydrogens (tertiary/aromatic N) is 1. The SMILES string of the molecule is Cc1cccc(C(=N)N)c1N(C)CC(C)(C)O. The fourth-order valence-electron chi connectivity index (χ4n) is 2.04. The lowest BCUT2D eigenvalue weighted by molar-refractivity contribution is 0.0886. The predicted octanol–water partition coefficient (Wildman–Crippen LogP) is 1.49. The zero-order valence-electron chi connectivity index (χ0n) is 10.9. The highest BCUT2D eigenvalue weighted by atomic mass is 16.3. The molecule has 1 rings (SSSR count). The number of benzene rings is 1. The van der Waals surface area contributed by atoms with Gasteiger partial charge in [-0.1, -0.05) is 12.1 Å². The number of rotatable bonds is 4. The summed E-state index contributed by atoms with van der Waals surface area (Å²) in [4.78, 5) is 1.94. The number of aryl methyl sites for hydroxylation is 1. The first kappa shape index (κ1) is 13.5. The number of nitrogens with two attached hydrogens (primary N) is 1. The molecule has 0 aliphatic rings. The summed E-state index contributed by atoms with van der Waals surface area (Å²) in [6.07, 6.45) is 0. The number of aliphatic hydroxyl groups is 1. The molecule has 0 aliphatic heterocycles. The molecule has 0 radical (unpaired) electrons. The highest BCUT2D eigenvalue weighted by Gasteiger charge is 2.19. The van der Waals surface area contributed by atoms with Gasteiger partial charge < -0.3 is 15.7 Å². The minimum atomic E-state index is -0.787. The molecular formula is C13H21N3O. The van der Waals surface area contributed by atoms with Gasteiger partial charge in [-0.2, -0.15) is 0 Å². The monoisotopic (exact) mass is 235 g/mol. The van der Waals surface area contributed by atoms with Gasteiger partial charge in [0, 0.05) is 19.2 Å². The van der Waals surface area contributed by atoms with Gasteiger partial charge in [0.2, 0.25) is 0 Å². The van der Waals surface area contributed by atoms with E-state index in [1.165, 1.54) is 0 Å². The van der Waals surface area contributed by atoms with E-state index in [2.05, 4.69) is 0 Å². The summed E-state index contributed by atoms with van der Waals surface area (Å²) in [6, 6.07) is 5.68. The molecule has 0 saturated carbocycles. The topological polar surface area (TPSA) is 73.3 Å². The lowest BCUT2D eigenvalue weighted by atomic mass is 10.0. The van der Waals surface area contributed by atoms with Gasteiger partial charge in [0.25, 0.3) is 0 Å². The zero-order chi connectivity index (χ0) is 13.2. The Kier molecular flexibility index (Phi) is 3.78. The van der Waals surface area contributed by atoms with Crippen LogP contribution in [0.25, 0.3) is 0 Å². The van der Waals surface area contributed by atoms with E-state index < -0.39 is 5.60 Å². The molecule has 0 unspecified atom stereocenters. The summed E-state index contributed by atoms with van der Waals surface area (Å²) in [5.74, 6) is 0.0475. The second-order valence-corrected chi connectivity index (χ2v) is 5.05. The van der Waals surface area contributed by atoms with Gasteiger partial charge in [-0.25, -0.2) is 0 Å². The van der Waals surface area contributed by atoms with E-state index in [1.54, 1.807) is 13.8 Å². The van der Waals surface area contributed by atoms with E-state index in [4.69, 9.17) is 11.1 Å². The van der Waals surface area contributed by atoms with Crippen LogP contribution in [0.15, 0.2) is 18.2 Å². The van der Waals surface area contributed by atoms with Crippen LogP contribution in [0.2, 0.25) is 0 Å². The van der Waals surface area contributed by atoms with Crippen LogP contribution in [-0.2, 0) is 0 Å². The quantitative estimate of drug-likeness (QED) is 0.547. The number of likely N-dealkylation sites (N-methyl/N-ethyl adjacent to an activating group) is 1. The summed E-state index contributed by atoms with van der Waals surface area (Å²) >= 11 is 0. The molecule has 0 bridgehead atoms. The summed E-state index contributed by atoms with van der Waals surface area (Å²) in [7, 11) is 1.90. The van der Waals surface area contributed by atoms with Crippen molar-refractivity contribution in [3.8, 4) is 0 Å². The third-order valence-corrected chi connectivity index (χ3v) is 2.53. The standard InChI is InChI=1S/C13H21N3O/c1-9-6-5-7-10(12(14)15)11(9)16(4)8-13(2,3)17/h5-7,17H,8H2,1-4H3,(H3,14,15). The number of anilines is 1. The maximum Gasteiger partial charge on any atom is 0.124 e. The van der Waals surface area contributed by atoms with E-state index in [-0.39, 0.29) is 5.84 Å². The van der Waals surface area contributed by atoms with E-state index in [9.17, 15) is 5.11 Å². The summed E-state index contributed by atoms with van der Waals surface area (Å²) in [5.41, 5.74) is 7.45. The minimum absolute atomic E-state index is 0.0475. The molecule has 94 valence electrons. The van der Waals surface area contributed by atoms with E-state index >= 15 is 0 Å². The number of nitrogens with one attached hydrogen (secondary N) is 1. The Morgan fingerprint density at radius 1 is 1.47 bits per heavy atom. The van der Waals surface area contributed by atoms with Crippen molar-refractivity contribution in [1.29, 1.82) is 5.41 Å². The molecule has 0 fully saturated rings. The highest BCUT2D eigenvalue weighted by molar-refractivity contribution is 6.01. The molecule has 4 nitrogen and oxygen atoms in total. The number of para-hydroxylation sites is 1. The van der Waals surface area contributed by atoms with E-state index in [0.717, 1.165) is 11.3 Å². The fourth-order valence-corrected chi connectivity index (χ4v) is 2.04. The van der Waals surface area contributed by atoms with Gasteiger partial charge in [0.05, 0.1) is 11.3 Å². The van der Waals surface area contributed by atoms with E-state index in [0.29, 0.717) is 12.1 Å². The molecule has 0 atom stereocenters. The molecule has 1 aromatic rings. The van der Waals surface area contributed by atoms with Crippen LogP contribution >= 0.6 is 0 Å². The fraction of sp³-hybridized carbons (Fsp3) is 0.462. The zero-order valence-corrected chi connectivity index (χ0v) is 10.9. The number of nitrogen functional groups attached to an aromatic ring is 1. The predicted molar refractivity (Wildman–Crippen MR) is 71.8 cm³/mol. The van der Waals surface area contributed by atoms with Crippen molar-refractivity contribution >= 4 is 11.5 Å². The Hall–Kier alpha value is -1.55. The smallest absolute Gasteiger partial charge is 0.124 e. The van der Waals surface area contributed by atoms with Crippen LogP contribution in [0.3, 0.4) is 0 Å². The van der Waals surface area contributed by atoms with Gasteiger partial charge in [-0.05, 0) is 32.4 Å². The van der Waals surface area contributed by atoms with Crippen molar-refractivity contribution in [3.05, 3.63) is 29.3 Å². The Labute approximate surface area is 103 Å². The second-order valence-electron chi connectivity index (χ2n) is 5.05. The lowest BCUT2D eigenvalue weighted by Crippen LogP contribution is -2.37. The molecule has 17 heavy (non-hydrogen) atoms. The molecule has 0 spiro atoms. The van der Waals surface area contributed by atoms with Crippen LogP contribution in [-0.4, -0.2) is 30.1 Å². The number of hydrogen-bond acceptors (Lipinski definition) is 3. The van der Waals surface area contributed by atoms with Crippen molar-refractivity contribution in [3.63, 3.8) is 0 Å². The Morgan fingerprint density at radius 2 is 2.06 bits per heavy atom. The molecule has 0 aromatic heterocycles. The third-order valence-electron chi connectivity index (χ3n) is 2.53. The molecule has 0 amide bonds.